The van der Waals surface area contributed by atoms with Crippen LogP contribution >= 0.6 is 23.2 Å². The molecule has 3 N–H and O–H groups in total. The number of nitrogens with two attached hydrogens (primary N) is 1. The van der Waals surface area contributed by atoms with Gasteiger partial charge >= 0.3 is 0 Å². The molecule has 1 atom stereocenters. The van der Waals surface area contributed by atoms with Gasteiger partial charge in [0.05, 0.1) is 21.3 Å². The van der Waals surface area contributed by atoms with E-state index in [1.54, 1.807) is 25.2 Å². The number of piperidine rings is 2. The number of benzene rings is 2. The zero-order valence-corrected chi connectivity index (χ0v) is 23.6. The summed E-state index contributed by atoms with van der Waals surface area (Å²) in [7, 11) is 1.60. The fourth-order valence-electron chi connectivity index (χ4n) is 5.88. The van der Waals surface area contributed by atoms with Gasteiger partial charge in [-0.05, 0) is 79.8 Å². The minimum atomic E-state index is -0.527. The number of halogens is 2. The smallest absolute Gasteiger partial charge is 0.251 e. The number of carbonyl (C=O) groups is 3. The van der Waals surface area contributed by atoms with Crippen LogP contribution in [0.5, 0.6) is 0 Å². The molecule has 2 saturated heterocycles. The minimum absolute atomic E-state index is 0.0403. The van der Waals surface area contributed by atoms with Gasteiger partial charge < -0.3 is 20.9 Å². The Morgan fingerprint density at radius 1 is 1.05 bits per heavy atom. The Hall–Kier alpha value is -2.77. The van der Waals surface area contributed by atoms with Crippen molar-refractivity contribution in [3.05, 3.63) is 62.6 Å². The predicted molar refractivity (Wildman–Crippen MR) is 152 cm³/mol. The van der Waals surface area contributed by atoms with E-state index in [9.17, 15) is 14.4 Å². The molecule has 0 radical (unpaired) electrons. The highest BCUT2D eigenvalue weighted by Gasteiger charge is 2.32. The molecule has 204 valence electrons. The molecule has 2 aromatic rings. The largest absolute Gasteiger partial charge is 0.370 e. The molecule has 9 heteroatoms. The number of rotatable bonds is 8. The summed E-state index contributed by atoms with van der Waals surface area (Å²) in [4.78, 5) is 42.4. The van der Waals surface area contributed by atoms with Crippen LogP contribution in [-0.4, -0.2) is 55.3 Å². The van der Waals surface area contributed by atoms with Crippen molar-refractivity contribution >= 4 is 46.6 Å². The van der Waals surface area contributed by atoms with Crippen molar-refractivity contribution in [2.45, 2.75) is 63.8 Å². The molecule has 38 heavy (non-hydrogen) atoms. The van der Waals surface area contributed by atoms with Gasteiger partial charge in [0.2, 0.25) is 5.91 Å². The first-order chi connectivity index (χ1) is 18.2. The van der Waals surface area contributed by atoms with Crippen molar-refractivity contribution in [3.8, 4) is 0 Å². The summed E-state index contributed by atoms with van der Waals surface area (Å²) >= 11 is 12.5. The molecule has 2 aromatic carbocycles. The molecular weight excluding hydrogens is 523 g/mol. The van der Waals surface area contributed by atoms with Crippen molar-refractivity contribution < 1.29 is 14.4 Å². The maximum Gasteiger partial charge on any atom is 0.251 e. The SMILES string of the molecule is CCC(Cc1c(C(=O)NC)ccc(C(N)=O)c1N1CCC(N2CCCCC2=O)CC1)c1ccc(Cl)c(Cl)c1. The van der Waals surface area contributed by atoms with Crippen molar-refractivity contribution in [1.82, 2.24) is 10.2 Å². The van der Waals surface area contributed by atoms with Crippen LogP contribution < -0.4 is 16.0 Å². The number of primary amides is 1. The van der Waals surface area contributed by atoms with E-state index < -0.39 is 5.91 Å². The van der Waals surface area contributed by atoms with E-state index in [0.717, 1.165) is 55.5 Å². The van der Waals surface area contributed by atoms with Crippen LogP contribution in [0.15, 0.2) is 30.3 Å². The summed E-state index contributed by atoms with van der Waals surface area (Å²) in [5.74, 6) is -0.462. The monoisotopic (exact) mass is 558 g/mol. The van der Waals surface area contributed by atoms with Crippen LogP contribution in [-0.2, 0) is 11.2 Å². The van der Waals surface area contributed by atoms with E-state index in [4.69, 9.17) is 28.9 Å². The van der Waals surface area contributed by atoms with Crippen LogP contribution in [0.4, 0.5) is 5.69 Å². The fraction of sp³-hybridized carbons (Fsp3) is 0.483. The topological polar surface area (TPSA) is 95.7 Å². The fourth-order valence-corrected chi connectivity index (χ4v) is 6.18. The van der Waals surface area contributed by atoms with Gasteiger partial charge in [-0.2, -0.15) is 0 Å². The molecule has 1 unspecified atom stereocenters. The molecule has 2 fully saturated rings. The first kappa shape index (κ1) is 28.2. The highest BCUT2D eigenvalue weighted by Crippen LogP contribution is 2.38. The Balaban J connectivity index is 1.72. The molecule has 3 amide bonds. The van der Waals surface area contributed by atoms with Gasteiger partial charge in [0, 0.05) is 44.7 Å². The van der Waals surface area contributed by atoms with E-state index in [1.165, 1.54) is 0 Å². The normalized spacial score (nSPS) is 17.4. The summed E-state index contributed by atoms with van der Waals surface area (Å²) in [6, 6.07) is 9.16. The maximum atomic E-state index is 13.0. The van der Waals surface area contributed by atoms with Crippen molar-refractivity contribution in [2.24, 2.45) is 5.73 Å². The van der Waals surface area contributed by atoms with Gasteiger partial charge in [0.1, 0.15) is 0 Å². The Morgan fingerprint density at radius 2 is 1.76 bits per heavy atom. The lowest BCUT2D eigenvalue weighted by Crippen LogP contribution is -2.49. The first-order valence-electron chi connectivity index (χ1n) is 13.4. The zero-order valence-electron chi connectivity index (χ0n) is 22.1. The second-order valence-electron chi connectivity index (χ2n) is 10.2. The molecule has 2 aliphatic heterocycles. The number of anilines is 1. The molecule has 0 spiro atoms. The highest BCUT2D eigenvalue weighted by atomic mass is 35.5. The number of nitrogens with one attached hydrogen (secondary N) is 1. The van der Waals surface area contributed by atoms with Gasteiger partial charge in [0.15, 0.2) is 0 Å². The summed E-state index contributed by atoms with van der Waals surface area (Å²) < 4.78 is 0. The lowest BCUT2D eigenvalue weighted by Gasteiger charge is -2.42. The zero-order chi connectivity index (χ0) is 27.4. The predicted octanol–water partition coefficient (Wildman–Crippen LogP) is 5.17. The lowest BCUT2D eigenvalue weighted by molar-refractivity contribution is -0.136. The van der Waals surface area contributed by atoms with Crippen LogP contribution in [0.2, 0.25) is 10.0 Å². The Bertz CT molecular complexity index is 1210. The van der Waals surface area contributed by atoms with E-state index in [0.29, 0.717) is 47.1 Å². The lowest BCUT2D eigenvalue weighted by atomic mass is 9.85. The van der Waals surface area contributed by atoms with Crippen LogP contribution in [0, 0.1) is 0 Å². The number of carbonyl (C=O) groups excluding carboxylic acids is 3. The number of likely N-dealkylation sites (tertiary alicyclic amines) is 1. The van der Waals surface area contributed by atoms with E-state index in [2.05, 4.69) is 17.1 Å². The van der Waals surface area contributed by atoms with Crippen molar-refractivity contribution in [2.75, 3.05) is 31.6 Å². The van der Waals surface area contributed by atoms with Crippen LogP contribution in [0.1, 0.15) is 83.2 Å². The average molecular weight is 560 g/mol. The second-order valence-corrected chi connectivity index (χ2v) is 11.0. The molecule has 2 heterocycles. The third-order valence-corrected chi connectivity index (χ3v) is 8.70. The summed E-state index contributed by atoms with van der Waals surface area (Å²) in [5, 5.41) is 3.72. The number of hydrogen-bond acceptors (Lipinski definition) is 4. The van der Waals surface area contributed by atoms with E-state index in [-0.39, 0.29) is 23.8 Å². The van der Waals surface area contributed by atoms with E-state index in [1.807, 2.05) is 17.0 Å². The number of amides is 3. The van der Waals surface area contributed by atoms with Gasteiger partial charge in [-0.3, -0.25) is 14.4 Å². The van der Waals surface area contributed by atoms with Gasteiger partial charge in [0.25, 0.3) is 11.8 Å². The van der Waals surface area contributed by atoms with E-state index >= 15 is 0 Å². The first-order valence-corrected chi connectivity index (χ1v) is 14.2. The van der Waals surface area contributed by atoms with Gasteiger partial charge in [-0.25, -0.2) is 0 Å². The van der Waals surface area contributed by atoms with Crippen molar-refractivity contribution in [3.63, 3.8) is 0 Å². The maximum absolute atomic E-state index is 13.0. The molecule has 7 nitrogen and oxygen atoms in total. The van der Waals surface area contributed by atoms with Gasteiger partial charge in [-0.15, -0.1) is 0 Å². The minimum Gasteiger partial charge on any atom is -0.370 e. The van der Waals surface area contributed by atoms with Crippen LogP contribution in [0.3, 0.4) is 0 Å². The number of nitrogens with zero attached hydrogens (tertiary/aromatic N) is 2. The molecular formula is C29H36Cl2N4O3. The molecule has 2 aliphatic rings. The summed E-state index contributed by atoms with van der Waals surface area (Å²) in [6.45, 7) is 4.24. The average Bonchev–Trinajstić information content (AvgIpc) is 2.92. The summed E-state index contributed by atoms with van der Waals surface area (Å²) in [6.07, 6.45) is 5.56. The quantitative estimate of drug-likeness (QED) is 0.467. The summed E-state index contributed by atoms with van der Waals surface area (Å²) in [5.41, 5.74) is 9.34. The molecule has 0 aromatic heterocycles. The highest BCUT2D eigenvalue weighted by molar-refractivity contribution is 6.42. The third kappa shape index (κ3) is 5.94. The van der Waals surface area contributed by atoms with Gasteiger partial charge in [-0.1, -0.05) is 36.2 Å². The molecule has 0 aliphatic carbocycles. The second kappa shape index (κ2) is 12.4. The Morgan fingerprint density at radius 3 is 2.37 bits per heavy atom. The van der Waals surface area contributed by atoms with Crippen molar-refractivity contribution in [1.29, 1.82) is 0 Å². The molecule has 4 rings (SSSR count). The van der Waals surface area contributed by atoms with Crippen LogP contribution in [0.25, 0.3) is 0 Å². The Kier molecular flexibility index (Phi) is 9.21. The molecule has 0 bridgehead atoms. The Labute approximate surface area is 234 Å². The third-order valence-electron chi connectivity index (χ3n) is 7.96. The standard InChI is InChI=1S/C29H36Cl2N4O3/c1-3-18(19-7-10-24(30)25(31)17-19)16-23-21(29(38)33-2)8-9-22(28(32)37)27(23)34-14-11-20(12-15-34)35-13-5-4-6-26(35)36/h7-10,17-18,20H,3-6,11-16H2,1-2H3,(H2,32,37)(H,33,38). The molecule has 0 saturated carbocycles. The number of hydrogen-bond donors (Lipinski definition) is 2.